The molecule has 0 aromatic carbocycles. The Morgan fingerprint density at radius 1 is 1.19 bits per heavy atom. The zero-order chi connectivity index (χ0) is 14.7. The normalized spacial score (nSPS) is 33.4. The van der Waals surface area contributed by atoms with Crippen LogP contribution in [0, 0.1) is 11.3 Å². The van der Waals surface area contributed by atoms with Crippen molar-refractivity contribution in [3.63, 3.8) is 0 Å². The Balaban J connectivity index is 1.41. The predicted octanol–water partition coefficient (Wildman–Crippen LogP) is 3.05. The van der Waals surface area contributed by atoms with Gasteiger partial charge in [0.2, 0.25) is 0 Å². The van der Waals surface area contributed by atoms with E-state index in [0.717, 1.165) is 18.6 Å². The Kier molecular flexibility index (Phi) is 5.23. The summed E-state index contributed by atoms with van der Waals surface area (Å²) >= 11 is 0. The Bertz CT molecular complexity index is 319. The first-order valence-corrected chi connectivity index (χ1v) is 9.28. The van der Waals surface area contributed by atoms with E-state index in [-0.39, 0.29) is 0 Å². The minimum atomic E-state index is 0.503. The fraction of sp³-hybridized carbons (Fsp3) is 1.00. The largest absolute Gasteiger partial charge is 0.378 e. The van der Waals surface area contributed by atoms with E-state index in [4.69, 9.17) is 4.74 Å². The fourth-order valence-corrected chi connectivity index (χ4v) is 4.99. The molecule has 3 heteroatoms. The summed E-state index contributed by atoms with van der Waals surface area (Å²) in [7, 11) is 2.25. The van der Waals surface area contributed by atoms with E-state index < -0.39 is 0 Å². The molecule has 21 heavy (non-hydrogen) atoms. The van der Waals surface area contributed by atoms with Gasteiger partial charge in [-0.2, -0.15) is 0 Å². The molecule has 1 aliphatic heterocycles. The molecular formula is C18H34N2O. The maximum atomic E-state index is 6.01. The summed E-state index contributed by atoms with van der Waals surface area (Å²) in [5.74, 6) is 0.955. The van der Waals surface area contributed by atoms with Gasteiger partial charge in [0.05, 0.1) is 6.10 Å². The van der Waals surface area contributed by atoms with Gasteiger partial charge in [-0.25, -0.2) is 0 Å². The average Bonchev–Trinajstić information content (AvgIpc) is 3.00. The van der Waals surface area contributed by atoms with E-state index in [1.165, 1.54) is 71.0 Å². The molecule has 2 saturated carbocycles. The lowest BCUT2D eigenvalue weighted by Crippen LogP contribution is -2.62. The van der Waals surface area contributed by atoms with Crippen LogP contribution in [-0.2, 0) is 4.74 Å². The van der Waals surface area contributed by atoms with Gasteiger partial charge in [-0.1, -0.05) is 12.8 Å². The summed E-state index contributed by atoms with van der Waals surface area (Å²) < 4.78 is 6.01. The monoisotopic (exact) mass is 294 g/mol. The molecule has 0 aromatic heterocycles. The first-order valence-electron chi connectivity index (χ1n) is 9.28. The number of likely N-dealkylation sites (tertiary alicyclic amines) is 1. The second-order valence-corrected chi connectivity index (χ2v) is 7.66. The smallest absolute Gasteiger partial charge is 0.0661 e. The van der Waals surface area contributed by atoms with Crippen LogP contribution in [0.1, 0.15) is 58.3 Å². The Morgan fingerprint density at radius 2 is 1.90 bits per heavy atom. The van der Waals surface area contributed by atoms with Gasteiger partial charge in [0.15, 0.2) is 0 Å². The van der Waals surface area contributed by atoms with Gasteiger partial charge in [0.25, 0.3) is 0 Å². The molecule has 0 aromatic rings. The van der Waals surface area contributed by atoms with Crippen molar-refractivity contribution in [3.8, 4) is 0 Å². The van der Waals surface area contributed by atoms with Crippen LogP contribution in [0.4, 0.5) is 0 Å². The molecule has 2 unspecified atom stereocenters. The van der Waals surface area contributed by atoms with Crippen molar-refractivity contribution in [3.05, 3.63) is 0 Å². The number of nitrogens with one attached hydrogen (secondary N) is 1. The van der Waals surface area contributed by atoms with Gasteiger partial charge < -0.3 is 15.0 Å². The number of hydrogen-bond donors (Lipinski definition) is 1. The molecule has 2 aliphatic carbocycles. The molecule has 1 spiro atoms. The number of rotatable bonds is 6. The Hall–Kier alpha value is -0.120. The summed E-state index contributed by atoms with van der Waals surface area (Å²) in [6, 6.07) is 0.739. The molecule has 3 nitrogen and oxygen atoms in total. The highest BCUT2D eigenvalue weighted by Gasteiger charge is 2.56. The van der Waals surface area contributed by atoms with Crippen LogP contribution < -0.4 is 5.32 Å². The molecule has 1 heterocycles. The van der Waals surface area contributed by atoms with Gasteiger partial charge in [-0.05, 0) is 78.0 Å². The van der Waals surface area contributed by atoms with Gasteiger partial charge >= 0.3 is 0 Å². The predicted molar refractivity (Wildman–Crippen MR) is 87.6 cm³/mol. The SMILES string of the molecule is CCOC1CC(NCCC2CCN(C)CC2)C12CCCC2. The summed E-state index contributed by atoms with van der Waals surface area (Å²) in [5.41, 5.74) is 0.503. The van der Waals surface area contributed by atoms with E-state index in [0.29, 0.717) is 11.5 Å². The first-order chi connectivity index (χ1) is 10.2. The van der Waals surface area contributed by atoms with E-state index in [1.54, 1.807) is 0 Å². The topological polar surface area (TPSA) is 24.5 Å². The van der Waals surface area contributed by atoms with Crippen LogP contribution in [0.2, 0.25) is 0 Å². The minimum Gasteiger partial charge on any atom is -0.378 e. The number of ether oxygens (including phenoxy) is 1. The second kappa shape index (κ2) is 6.97. The van der Waals surface area contributed by atoms with E-state index in [2.05, 4.69) is 24.2 Å². The first kappa shape index (κ1) is 15.8. The maximum Gasteiger partial charge on any atom is 0.0661 e. The van der Waals surface area contributed by atoms with Gasteiger partial charge in [0, 0.05) is 18.1 Å². The van der Waals surface area contributed by atoms with Crippen molar-refractivity contribution in [1.29, 1.82) is 0 Å². The number of nitrogens with zero attached hydrogens (tertiary/aromatic N) is 1. The van der Waals surface area contributed by atoms with E-state index >= 15 is 0 Å². The molecule has 0 amide bonds. The highest BCUT2D eigenvalue weighted by Crippen LogP contribution is 2.54. The third kappa shape index (κ3) is 3.30. The van der Waals surface area contributed by atoms with Crippen molar-refractivity contribution in [2.75, 3.05) is 33.3 Å². The Labute approximate surface area is 130 Å². The molecule has 1 N–H and O–H groups in total. The average molecular weight is 294 g/mol. The maximum absolute atomic E-state index is 6.01. The Morgan fingerprint density at radius 3 is 2.57 bits per heavy atom. The van der Waals surface area contributed by atoms with E-state index in [9.17, 15) is 0 Å². The molecular weight excluding hydrogens is 260 g/mol. The summed E-state index contributed by atoms with van der Waals surface area (Å²) in [6.45, 7) is 6.84. The lowest BCUT2D eigenvalue weighted by atomic mass is 9.60. The summed E-state index contributed by atoms with van der Waals surface area (Å²) in [4.78, 5) is 2.47. The molecule has 0 radical (unpaired) electrons. The van der Waals surface area contributed by atoms with E-state index in [1.807, 2.05) is 0 Å². The zero-order valence-corrected chi connectivity index (χ0v) is 14.1. The molecule has 3 fully saturated rings. The third-order valence-electron chi connectivity index (χ3n) is 6.47. The third-order valence-corrected chi connectivity index (χ3v) is 6.47. The summed E-state index contributed by atoms with van der Waals surface area (Å²) in [6.07, 6.45) is 11.6. The summed E-state index contributed by atoms with van der Waals surface area (Å²) in [5, 5.41) is 3.91. The van der Waals surface area contributed by atoms with Crippen LogP contribution >= 0.6 is 0 Å². The molecule has 3 rings (SSSR count). The number of piperidine rings is 1. The van der Waals surface area contributed by atoms with Crippen molar-refractivity contribution in [2.45, 2.75) is 70.4 Å². The highest BCUT2D eigenvalue weighted by atomic mass is 16.5. The fourth-order valence-electron chi connectivity index (χ4n) is 4.99. The van der Waals surface area contributed by atoms with Gasteiger partial charge in [-0.3, -0.25) is 0 Å². The van der Waals surface area contributed by atoms with Crippen molar-refractivity contribution < 1.29 is 4.74 Å². The number of hydrogen-bond acceptors (Lipinski definition) is 3. The van der Waals surface area contributed by atoms with Crippen molar-refractivity contribution >= 4 is 0 Å². The van der Waals surface area contributed by atoms with Crippen LogP contribution in [0.25, 0.3) is 0 Å². The highest BCUT2D eigenvalue weighted by molar-refractivity contribution is 5.09. The van der Waals surface area contributed by atoms with Gasteiger partial charge in [-0.15, -0.1) is 0 Å². The molecule has 1 saturated heterocycles. The molecule has 0 bridgehead atoms. The van der Waals surface area contributed by atoms with Crippen LogP contribution in [0.3, 0.4) is 0 Å². The quantitative estimate of drug-likeness (QED) is 0.815. The van der Waals surface area contributed by atoms with Gasteiger partial charge in [0.1, 0.15) is 0 Å². The van der Waals surface area contributed by atoms with Crippen LogP contribution in [0.5, 0.6) is 0 Å². The second-order valence-electron chi connectivity index (χ2n) is 7.66. The minimum absolute atomic E-state index is 0.503. The lowest BCUT2D eigenvalue weighted by Gasteiger charge is -2.54. The molecule has 3 aliphatic rings. The molecule has 122 valence electrons. The lowest BCUT2D eigenvalue weighted by molar-refractivity contribution is -0.130. The van der Waals surface area contributed by atoms with Crippen LogP contribution in [0.15, 0.2) is 0 Å². The van der Waals surface area contributed by atoms with Crippen molar-refractivity contribution in [2.24, 2.45) is 11.3 Å². The van der Waals surface area contributed by atoms with Crippen molar-refractivity contribution in [1.82, 2.24) is 10.2 Å². The molecule has 2 atom stereocenters. The zero-order valence-electron chi connectivity index (χ0n) is 14.1. The van der Waals surface area contributed by atoms with Crippen LogP contribution in [-0.4, -0.2) is 50.3 Å². The standard InChI is InChI=1S/C18H34N2O/c1-3-21-17-14-16(18(17)9-4-5-10-18)19-11-6-15-7-12-20(2)13-8-15/h15-17,19H,3-14H2,1-2H3.